The quantitative estimate of drug-likeness (QED) is 0.716. The van der Waals surface area contributed by atoms with Gasteiger partial charge in [0, 0.05) is 10.5 Å². The van der Waals surface area contributed by atoms with E-state index in [0.29, 0.717) is 5.82 Å². The van der Waals surface area contributed by atoms with E-state index in [0.717, 1.165) is 27.3 Å². The van der Waals surface area contributed by atoms with Crippen LogP contribution in [0.5, 0.6) is 0 Å². The van der Waals surface area contributed by atoms with Gasteiger partial charge in [0.15, 0.2) is 11.6 Å². The Balaban J connectivity index is 2.19. The van der Waals surface area contributed by atoms with Crippen molar-refractivity contribution in [2.45, 2.75) is 11.8 Å². The first-order valence-electron chi connectivity index (χ1n) is 6.66. The number of nitrogens with zero attached hydrogens (tertiary/aromatic N) is 1. The fourth-order valence-corrected chi connectivity index (χ4v) is 2.91. The third-order valence-corrected chi connectivity index (χ3v) is 4.21. The van der Waals surface area contributed by atoms with Crippen molar-refractivity contribution in [3.63, 3.8) is 0 Å². The molecule has 3 aromatic rings. The van der Waals surface area contributed by atoms with Crippen LogP contribution in [0.1, 0.15) is 5.56 Å². The van der Waals surface area contributed by atoms with Crippen LogP contribution in [0.3, 0.4) is 0 Å². The molecule has 3 rings (SSSR count). The third kappa shape index (κ3) is 2.54. The predicted octanol–water partition coefficient (Wildman–Crippen LogP) is 4.62. The molecule has 3 nitrogen and oxygen atoms in total. The molecule has 0 aliphatic carbocycles. The first-order valence-corrected chi connectivity index (χ1v) is 7.88. The molecule has 2 N–H and O–H groups in total. The highest BCUT2D eigenvalue weighted by molar-refractivity contribution is 7.98. The molecule has 2 aromatic carbocycles. The standard InChI is InChI=1S/C17H16N2OS/c1-11-7-9-12(10-8-11)15-16(20-19-17(15)18)13-5-3-4-6-14(13)21-2/h3-10H,1-2H3,(H2,18,19). The molecule has 21 heavy (non-hydrogen) atoms. The predicted molar refractivity (Wildman–Crippen MR) is 88.3 cm³/mol. The van der Waals surface area contributed by atoms with Crippen LogP contribution in [0, 0.1) is 6.92 Å². The molecule has 0 aliphatic heterocycles. The Kier molecular flexibility index (Phi) is 3.71. The van der Waals surface area contributed by atoms with Gasteiger partial charge in [0.25, 0.3) is 0 Å². The average molecular weight is 296 g/mol. The molecule has 106 valence electrons. The maximum absolute atomic E-state index is 6.03. The van der Waals surface area contributed by atoms with Crippen LogP contribution in [0.25, 0.3) is 22.5 Å². The highest BCUT2D eigenvalue weighted by Gasteiger charge is 2.19. The maximum Gasteiger partial charge on any atom is 0.178 e. The Bertz CT molecular complexity index is 763. The van der Waals surface area contributed by atoms with Crippen molar-refractivity contribution in [2.75, 3.05) is 12.0 Å². The number of rotatable bonds is 3. The molecular formula is C17H16N2OS. The maximum atomic E-state index is 6.03. The number of anilines is 1. The Morgan fingerprint density at radius 3 is 2.48 bits per heavy atom. The first kappa shape index (κ1) is 13.8. The zero-order valence-electron chi connectivity index (χ0n) is 12.0. The number of benzene rings is 2. The Labute approximate surface area is 128 Å². The fraction of sp³-hybridized carbons (Fsp3) is 0.118. The number of aryl methyl sites for hydroxylation is 1. The van der Waals surface area contributed by atoms with Crippen molar-refractivity contribution < 1.29 is 4.52 Å². The molecule has 0 fully saturated rings. The van der Waals surface area contributed by atoms with Gasteiger partial charge in [-0.3, -0.25) is 0 Å². The molecule has 0 amide bonds. The molecule has 0 aliphatic rings. The summed E-state index contributed by atoms with van der Waals surface area (Å²) in [6.45, 7) is 2.06. The van der Waals surface area contributed by atoms with E-state index in [1.54, 1.807) is 11.8 Å². The summed E-state index contributed by atoms with van der Waals surface area (Å²) in [7, 11) is 0. The van der Waals surface area contributed by atoms with Crippen molar-refractivity contribution >= 4 is 17.6 Å². The van der Waals surface area contributed by atoms with E-state index in [1.165, 1.54) is 5.56 Å². The summed E-state index contributed by atoms with van der Waals surface area (Å²) in [5, 5.41) is 3.96. The monoisotopic (exact) mass is 296 g/mol. The molecule has 0 spiro atoms. The van der Waals surface area contributed by atoms with Crippen LogP contribution in [0.4, 0.5) is 5.82 Å². The van der Waals surface area contributed by atoms with Gasteiger partial charge < -0.3 is 10.3 Å². The average Bonchev–Trinajstić information content (AvgIpc) is 2.90. The van der Waals surface area contributed by atoms with E-state index in [4.69, 9.17) is 10.3 Å². The minimum atomic E-state index is 0.421. The number of hydrogen-bond donors (Lipinski definition) is 1. The van der Waals surface area contributed by atoms with E-state index in [-0.39, 0.29) is 0 Å². The van der Waals surface area contributed by atoms with Crippen molar-refractivity contribution in [1.29, 1.82) is 0 Å². The molecule has 0 bridgehead atoms. The molecule has 0 saturated carbocycles. The van der Waals surface area contributed by atoms with E-state index in [9.17, 15) is 0 Å². The highest BCUT2D eigenvalue weighted by atomic mass is 32.2. The first-order chi connectivity index (χ1) is 10.2. The number of aromatic nitrogens is 1. The molecule has 1 aromatic heterocycles. The summed E-state index contributed by atoms with van der Waals surface area (Å²) >= 11 is 1.68. The number of nitrogen functional groups attached to an aromatic ring is 1. The summed E-state index contributed by atoms with van der Waals surface area (Å²) in [6.07, 6.45) is 2.05. The number of hydrogen-bond acceptors (Lipinski definition) is 4. The smallest absolute Gasteiger partial charge is 0.178 e. The largest absolute Gasteiger partial charge is 0.380 e. The molecule has 4 heteroatoms. The third-order valence-electron chi connectivity index (χ3n) is 3.41. The van der Waals surface area contributed by atoms with E-state index >= 15 is 0 Å². The molecule has 1 heterocycles. The zero-order chi connectivity index (χ0) is 14.8. The van der Waals surface area contributed by atoms with Gasteiger partial charge in [0.2, 0.25) is 0 Å². The van der Waals surface area contributed by atoms with Gasteiger partial charge in [-0.2, -0.15) is 0 Å². The lowest BCUT2D eigenvalue weighted by molar-refractivity contribution is 0.435. The van der Waals surface area contributed by atoms with Gasteiger partial charge >= 0.3 is 0 Å². The van der Waals surface area contributed by atoms with Gasteiger partial charge in [0.05, 0.1) is 5.56 Å². The fourth-order valence-electron chi connectivity index (χ4n) is 2.32. The van der Waals surface area contributed by atoms with E-state index in [1.807, 2.05) is 36.6 Å². The SMILES string of the molecule is CSc1ccccc1-c1onc(N)c1-c1ccc(C)cc1. The molecular weight excluding hydrogens is 280 g/mol. The number of thioether (sulfide) groups is 1. The summed E-state index contributed by atoms with van der Waals surface area (Å²) in [4.78, 5) is 1.14. The summed E-state index contributed by atoms with van der Waals surface area (Å²) < 4.78 is 5.52. The van der Waals surface area contributed by atoms with Crippen LogP contribution in [0.2, 0.25) is 0 Å². The minimum absolute atomic E-state index is 0.421. The molecule has 0 saturated heterocycles. The Morgan fingerprint density at radius 2 is 1.76 bits per heavy atom. The van der Waals surface area contributed by atoms with Crippen LogP contribution < -0.4 is 5.73 Å². The second-order valence-corrected chi connectivity index (χ2v) is 5.69. The van der Waals surface area contributed by atoms with Gasteiger partial charge in [-0.1, -0.05) is 47.1 Å². The van der Waals surface area contributed by atoms with Crippen molar-refractivity contribution in [2.24, 2.45) is 0 Å². The van der Waals surface area contributed by atoms with Gasteiger partial charge in [-0.15, -0.1) is 11.8 Å². The molecule has 0 unspecified atom stereocenters. The summed E-state index contributed by atoms with van der Waals surface area (Å²) in [5.74, 6) is 1.14. The topological polar surface area (TPSA) is 52.0 Å². The second-order valence-electron chi connectivity index (χ2n) is 4.84. The molecule has 0 atom stereocenters. The Morgan fingerprint density at radius 1 is 1.05 bits per heavy atom. The lowest BCUT2D eigenvalue weighted by atomic mass is 10.0. The van der Waals surface area contributed by atoms with Gasteiger partial charge in [-0.05, 0) is 30.9 Å². The second kappa shape index (κ2) is 5.66. The Hall–Kier alpha value is -2.20. The van der Waals surface area contributed by atoms with E-state index in [2.05, 4.69) is 30.3 Å². The summed E-state index contributed by atoms with van der Waals surface area (Å²) in [6, 6.07) is 16.3. The zero-order valence-corrected chi connectivity index (χ0v) is 12.8. The van der Waals surface area contributed by atoms with Crippen molar-refractivity contribution in [3.05, 3.63) is 54.1 Å². The lowest BCUT2D eigenvalue weighted by Gasteiger charge is -2.07. The highest BCUT2D eigenvalue weighted by Crippen LogP contribution is 2.40. The van der Waals surface area contributed by atoms with Crippen LogP contribution in [0.15, 0.2) is 57.9 Å². The van der Waals surface area contributed by atoms with Crippen molar-refractivity contribution in [1.82, 2.24) is 5.16 Å². The summed E-state index contributed by atoms with van der Waals surface area (Å²) in [5.41, 5.74) is 10.1. The van der Waals surface area contributed by atoms with Crippen molar-refractivity contribution in [3.8, 4) is 22.5 Å². The number of nitrogens with two attached hydrogens (primary N) is 1. The van der Waals surface area contributed by atoms with Crippen LogP contribution >= 0.6 is 11.8 Å². The minimum Gasteiger partial charge on any atom is -0.380 e. The van der Waals surface area contributed by atoms with Crippen LogP contribution in [-0.2, 0) is 0 Å². The van der Waals surface area contributed by atoms with E-state index < -0.39 is 0 Å². The normalized spacial score (nSPS) is 10.8. The van der Waals surface area contributed by atoms with Crippen LogP contribution in [-0.4, -0.2) is 11.4 Å². The van der Waals surface area contributed by atoms with Gasteiger partial charge in [-0.25, -0.2) is 0 Å². The molecule has 0 radical (unpaired) electrons. The van der Waals surface area contributed by atoms with Gasteiger partial charge in [0.1, 0.15) is 0 Å². The lowest BCUT2D eigenvalue weighted by Crippen LogP contribution is -1.89.